The molecule has 1 unspecified atom stereocenters. The molecule has 5 rings (SSSR count). The molecule has 0 amide bonds. The van der Waals surface area contributed by atoms with Crippen LogP contribution >= 0.6 is 0 Å². The summed E-state index contributed by atoms with van der Waals surface area (Å²) >= 11 is 0. The van der Waals surface area contributed by atoms with E-state index in [4.69, 9.17) is 9.84 Å². The van der Waals surface area contributed by atoms with Gasteiger partial charge in [-0.05, 0) is 57.1 Å². The van der Waals surface area contributed by atoms with Gasteiger partial charge in [-0.25, -0.2) is 4.68 Å². The van der Waals surface area contributed by atoms with Crippen LogP contribution in [0.15, 0.2) is 11.0 Å². The lowest BCUT2D eigenvalue weighted by Crippen LogP contribution is -2.37. The molecule has 1 N–H and O–H groups in total. The lowest BCUT2D eigenvalue weighted by molar-refractivity contribution is 0.0368. The molecule has 2 fully saturated rings. The average molecular weight is 386 g/mol. The van der Waals surface area contributed by atoms with Crippen LogP contribution in [0.5, 0.6) is 0 Å². The van der Waals surface area contributed by atoms with Crippen molar-refractivity contribution >= 4 is 11.0 Å². The molecule has 0 radical (unpaired) electrons. The van der Waals surface area contributed by atoms with Crippen LogP contribution in [-0.4, -0.2) is 58.6 Å². The first-order chi connectivity index (χ1) is 13.8. The molecule has 7 nitrogen and oxygen atoms in total. The second kappa shape index (κ2) is 7.97. The Bertz CT molecular complexity index is 890. The van der Waals surface area contributed by atoms with Crippen LogP contribution in [0.1, 0.15) is 49.4 Å². The Morgan fingerprint density at radius 1 is 1.11 bits per heavy atom. The standard InChI is InChI=1S/C21H31N5O2/c27-21-17-6-2-1-5-16(17)18-15-23-25(10-4-9-24-11-13-28-14-12-24)20(18)26(21)19-7-3-8-22-19/h15,19,22H,1-14H2. The van der Waals surface area contributed by atoms with Crippen molar-refractivity contribution in [2.75, 3.05) is 39.4 Å². The number of aromatic nitrogens is 3. The molecule has 0 bridgehead atoms. The molecule has 4 heterocycles. The number of rotatable bonds is 5. The summed E-state index contributed by atoms with van der Waals surface area (Å²) in [6.45, 7) is 6.61. The Balaban J connectivity index is 1.49. The largest absolute Gasteiger partial charge is 0.379 e. The van der Waals surface area contributed by atoms with E-state index < -0.39 is 0 Å². The van der Waals surface area contributed by atoms with Crippen molar-refractivity contribution in [2.24, 2.45) is 0 Å². The molecule has 0 spiro atoms. The fourth-order valence-electron chi connectivity index (χ4n) is 5.13. The highest BCUT2D eigenvalue weighted by Crippen LogP contribution is 2.29. The minimum Gasteiger partial charge on any atom is -0.379 e. The monoisotopic (exact) mass is 385 g/mol. The fourth-order valence-corrected chi connectivity index (χ4v) is 5.13. The van der Waals surface area contributed by atoms with E-state index in [1.165, 1.54) is 17.4 Å². The third-order valence-corrected chi connectivity index (χ3v) is 6.60. The van der Waals surface area contributed by atoms with E-state index in [-0.39, 0.29) is 11.7 Å². The zero-order valence-corrected chi connectivity index (χ0v) is 16.7. The summed E-state index contributed by atoms with van der Waals surface area (Å²) in [5.74, 6) is 0. The lowest BCUT2D eigenvalue weighted by Gasteiger charge is -2.26. The van der Waals surface area contributed by atoms with Crippen LogP contribution in [0.3, 0.4) is 0 Å². The number of hydrogen-bond donors (Lipinski definition) is 1. The molecular weight excluding hydrogens is 354 g/mol. The highest BCUT2D eigenvalue weighted by atomic mass is 16.5. The Morgan fingerprint density at radius 3 is 2.71 bits per heavy atom. The van der Waals surface area contributed by atoms with Gasteiger partial charge in [-0.3, -0.25) is 19.6 Å². The van der Waals surface area contributed by atoms with Crippen molar-refractivity contribution in [3.63, 3.8) is 0 Å². The number of hydrogen-bond acceptors (Lipinski definition) is 5. The molecule has 28 heavy (non-hydrogen) atoms. The highest BCUT2D eigenvalue weighted by molar-refractivity contribution is 5.81. The van der Waals surface area contributed by atoms with Gasteiger partial charge in [0.2, 0.25) is 0 Å². The third-order valence-electron chi connectivity index (χ3n) is 6.60. The van der Waals surface area contributed by atoms with Crippen molar-refractivity contribution in [3.05, 3.63) is 27.7 Å². The van der Waals surface area contributed by atoms with E-state index in [9.17, 15) is 4.79 Å². The van der Waals surface area contributed by atoms with Crippen molar-refractivity contribution < 1.29 is 4.74 Å². The number of fused-ring (bicyclic) bond motifs is 3. The van der Waals surface area contributed by atoms with Crippen molar-refractivity contribution in [2.45, 2.75) is 57.7 Å². The van der Waals surface area contributed by atoms with Crippen LogP contribution in [0.2, 0.25) is 0 Å². The summed E-state index contributed by atoms with van der Waals surface area (Å²) in [6, 6.07) is 0. The molecule has 0 aromatic carbocycles. The number of ether oxygens (including phenoxy) is 1. The molecule has 2 aromatic rings. The normalized spacial score (nSPS) is 23.4. The van der Waals surface area contributed by atoms with E-state index in [0.29, 0.717) is 0 Å². The molecule has 1 atom stereocenters. The smallest absolute Gasteiger partial charge is 0.256 e. The van der Waals surface area contributed by atoms with E-state index in [0.717, 1.165) is 95.7 Å². The van der Waals surface area contributed by atoms with Crippen LogP contribution in [0.25, 0.3) is 11.0 Å². The Kier molecular flexibility index (Phi) is 5.22. The van der Waals surface area contributed by atoms with Crippen LogP contribution in [0.4, 0.5) is 0 Å². The maximum atomic E-state index is 13.4. The first kappa shape index (κ1) is 18.3. The SMILES string of the molecule is O=c1c2c(c3cnn(CCCN4CCOCC4)c3n1C1CCCN1)CCCC2. The minimum absolute atomic E-state index is 0.108. The summed E-state index contributed by atoms with van der Waals surface area (Å²) in [4.78, 5) is 15.9. The predicted molar refractivity (Wildman–Crippen MR) is 109 cm³/mol. The molecule has 0 saturated carbocycles. The van der Waals surface area contributed by atoms with E-state index in [2.05, 4.69) is 14.9 Å². The first-order valence-electron chi connectivity index (χ1n) is 11.0. The van der Waals surface area contributed by atoms with Crippen LogP contribution < -0.4 is 10.9 Å². The number of pyridine rings is 1. The molecule has 2 saturated heterocycles. The topological polar surface area (TPSA) is 64.3 Å². The minimum atomic E-state index is 0.108. The Hall–Kier alpha value is -1.70. The van der Waals surface area contributed by atoms with E-state index >= 15 is 0 Å². The molecule has 152 valence electrons. The molecule has 3 aliphatic rings. The summed E-state index contributed by atoms with van der Waals surface area (Å²) in [5.41, 5.74) is 3.56. The summed E-state index contributed by atoms with van der Waals surface area (Å²) in [6.07, 6.45) is 9.54. The summed E-state index contributed by atoms with van der Waals surface area (Å²) < 4.78 is 9.57. The average Bonchev–Trinajstić information content (AvgIpc) is 3.40. The quantitative estimate of drug-likeness (QED) is 0.848. The zero-order chi connectivity index (χ0) is 18.9. The maximum absolute atomic E-state index is 13.4. The Labute approximate surface area is 165 Å². The second-order valence-corrected chi connectivity index (χ2v) is 8.36. The lowest BCUT2D eigenvalue weighted by atomic mass is 9.91. The van der Waals surface area contributed by atoms with Crippen LogP contribution in [0, 0.1) is 0 Å². The summed E-state index contributed by atoms with van der Waals surface area (Å²) in [5, 5.41) is 9.49. The van der Waals surface area contributed by atoms with E-state index in [1.807, 2.05) is 10.8 Å². The zero-order valence-electron chi connectivity index (χ0n) is 16.7. The van der Waals surface area contributed by atoms with Gasteiger partial charge in [-0.15, -0.1) is 0 Å². The van der Waals surface area contributed by atoms with Gasteiger partial charge >= 0.3 is 0 Å². The fraction of sp³-hybridized carbons (Fsp3) is 0.714. The second-order valence-electron chi connectivity index (χ2n) is 8.36. The highest BCUT2D eigenvalue weighted by Gasteiger charge is 2.27. The van der Waals surface area contributed by atoms with Crippen LogP contribution in [-0.2, 0) is 24.1 Å². The number of aryl methyl sites for hydroxylation is 2. The van der Waals surface area contributed by atoms with Gasteiger partial charge < -0.3 is 4.74 Å². The maximum Gasteiger partial charge on any atom is 0.256 e. The summed E-state index contributed by atoms with van der Waals surface area (Å²) in [7, 11) is 0. The van der Waals surface area contributed by atoms with Gasteiger partial charge in [0.05, 0.1) is 25.6 Å². The predicted octanol–water partition coefficient (Wildman–Crippen LogP) is 1.68. The van der Waals surface area contributed by atoms with Gasteiger partial charge in [-0.1, -0.05) is 0 Å². The molecule has 1 aliphatic carbocycles. The molecule has 7 heteroatoms. The number of nitrogens with one attached hydrogen (secondary N) is 1. The number of nitrogens with zero attached hydrogens (tertiary/aromatic N) is 4. The number of morpholine rings is 1. The van der Waals surface area contributed by atoms with Gasteiger partial charge in [0.15, 0.2) is 0 Å². The molecule has 2 aromatic heterocycles. The van der Waals surface area contributed by atoms with Gasteiger partial charge in [0.25, 0.3) is 5.56 Å². The van der Waals surface area contributed by atoms with Gasteiger partial charge in [-0.2, -0.15) is 5.10 Å². The molecular formula is C21H31N5O2. The molecule has 2 aliphatic heterocycles. The Morgan fingerprint density at radius 2 is 1.93 bits per heavy atom. The van der Waals surface area contributed by atoms with Gasteiger partial charge in [0, 0.05) is 37.1 Å². The van der Waals surface area contributed by atoms with Crippen molar-refractivity contribution in [1.29, 1.82) is 0 Å². The van der Waals surface area contributed by atoms with Crippen molar-refractivity contribution in [1.82, 2.24) is 24.6 Å². The van der Waals surface area contributed by atoms with Crippen molar-refractivity contribution in [3.8, 4) is 0 Å². The van der Waals surface area contributed by atoms with E-state index in [1.54, 1.807) is 0 Å². The first-order valence-corrected chi connectivity index (χ1v) is 11.0. The van der Waals surface area contributed by atoms with Gasteiger partial charge in [0.1, 0.15) is 5.65 Å². The third kappa shape index (κ3) is 3.29.